The van der Waals surface area contributed by atoms with E-state index in [2.05, 4.69) is 11.3 Å². The SMILES string of the molecule is C=Cc1ccc(OC(=C(C(F)(C(F)(F)F)C(F)(F)F)C(F)(C(F)(F)F)C(F)(F)F)C(F)(F)F)cc1C. The minimum Gasteiger partial charge on any atom is -0.452 e. The molecule has 0 saturated heterocycles. The van der Waals surface area contributed by atoms with Gasteiger partial charge in [-0.25, -0.2) is 8.78 Å². The molecule has 0 unspecified atom stereocenters. The standard InChI is InChI=1S/C18H9F17O/c1-3-8-4-5-9(6-7(8)2)36-11(14(21,22)23)10(12(19,15(24,25)26)16(27,28)29)13(20,17(30,31)32)18(33,34)35/h3-6H,1H2,2H3. The second-order valence-corrected chi connectivity index (χ2v) is 6.83. The number of aryl methyl sites for hydroxylation is 1. The Balaban J connectivity index is 4.51. The third-order valence-corrected chi connectivity index (χ3v) is 4.42. The highest BCUT2D eigenvalue weighted by atomic mass is 19.4. The van der Waals surface area contributed by atoms with Gasteiger partial charge in [-0.15, -0.1) is 0 Å². The summed E-state index contributed by atoms with van der Waals surface area (Å²) in [4.78, 5) is 0. The summed E-state index contributed by atoms with van der Waals surface area (Å²) in [5.41, 5.74) is -22.2. The van der Waals surface area contributed by atoms with Crippen molar-refractivity contribution >= 4 is 6.08 Å². The lowest BCUT2D eigenvalue weighted by molar-refractivity contribution is -0.365. The summed E-state index contributed by atoms with van der Waals surface area (Å²) < 4.78 is 231. The van der Waals surface area contributed by atoms with Gasteiger partial charge in [-0.3, -0.25) is 0 Å². The van der Waals surface area contributed by atoms with Crippen LogP contribution in [-0.4, -0.2) is 42.2 Å². The number of allylic oxidation sites excluding steroid dienone is 2. The van der Waals surface area contributed by atoms with E-state index in [1.807, 2.05) is 0 Å². The molecule has 1 aromatic carbocycles. The quantitative estimate of drug-likeness (QED) is 0.258. The molecule has 1 rings (SSSR count). The van der Waals surface area contributed by atoms with E-state index in [9.17, 15) is 74.6 Å². The van der Waals surface area contributed by atoms with E-state index >= 15 is 0 Å². The second-order valence-electron chi connectivity index (χ2n) is 6.83. The highest BCUT2D eigenvalue weighted by Crippen LogP contribution is 2.63. The summed E-state index contributed by atoms with van der Waals surface area (Å²) in [6.45, 7) is 4.18. The van der Waals surface area contributed by atoms with Crippen molar-refractivity contribution in [1.82, 2.24) is 0 Å². The van der Waals surface area contributed by atoms with E-state index in [0.29, 0.717) is 12.1 Å². The van der Waals surface area contributed by atoms with Gasteiger partial charge >= 0.3 is 42.2 Å². The number of benzene rings is 1. The molecular formula is C18H9F17O. The molecule has 18 heteroatoms. The van der Waals surface area contributed by atoms with Crippen LogP contribution in [-0.2, 0) is 0 Å². The Morgan fingerprint density at radius 2 is 1.03 bits per heavy atom. The van der Waals surface area contributed by atoms with Gasteiger partial charge in [0.2, 0.25) is 5.76 Å². The van der Waals surface area contributed by atoms with Gasteiger partial charge in [0.1, 0.15) is 5.75 Å². The molecule has 0 aromatic heterocycles. The summed E-state index contributed by atoms with van der Waals surface area (Å²) in [7, 11) is 0. The molecule has 0 saturated carbocycles. The maximum absolute atomic E-state index is 14.6. The van der Waals surface area contributed by atoms with Gasteiger partial charge in [0.05, 0.1) is 5.57 Å². The summed E-state index contributed by atoms with van der Waals surface area (Å²) in [6, 6.07) is 1.20. The number of halogens is 17. The van der Waals surface area contributed by atoms with Crippen LogP contribution in [0.5, 0.6) is 5.75 Å². The summed E-state index contributed by atoms with van der Waals surface area (Å²) in [6.07, 6.45) is -38.4. The van der Waals surface area contributed by atoms with Crippen LogP contribution in [0.25, 0.3) is 6.08 Å². The first-order chi connectivity index (χ1) is 15.7. The van der Waals surface area contributed by atoms with Crippen molar-refractivity contribution in [2.45, 2.75) is 49.1 Å². The van der Waals surface area contributed by atoms with Gasteiger partial charge in [-0.2, -0.15) is 65.9 Å². The van der Waals surface area contributed by atoms with Crippen LogP contribution >= 0.6 is 0 Å². The normalized spacial score (nSPS) is 14.5. The maximum atomic E-state index is 14.6. The highest BCUT2D eigenvalue weighted by Gasteiger charge is 2.88. The molecule has 0 bridgehead atoms. The molecule has 36 heavy (non-hydrogen) atoms. The lowest BCUT2D eigenvalue weighted by Crippen LogP contribution is -2.67. The van der Waals surface area contributed by atoms with Crippen LogP contribution in [0.3, 0.4) is 0 Å². The minimum atomic E-state index is -8.21. The zero-order chi connectivity index (χ0) is 28.9. The smallest absolute Gasteiger partial charge is 0.449 e. The second kappa shape index (κ2) is 9.00. The molecule has 0 atom stereocenters. The molecule has 206 valence electrons. The number of alkyl halides is 17. The first-order valence-electron chi connectivity index (χ1n) is 8.56. The van der Waals surface area contributed by atoms with Crippen LogP contribution in [0.1, 0.15) is 11.1 Å². The Morgan fingerprint density at radius 1 is 0.667 bits per heavy atom. The van der Waals surface area contributed by atoms with E-state index in [4.69, 9.17) is 0 Å². The maximum Gasteiger partial charge on any atom is 0.449 e. The Labute approximate surface area is 188 Å². The molecule has 0 aliphatic rings. The van der Waals surface area contributed by atoms with Crippen LogP contribution in [0.15, 0.2) is 36.1 Å². The molecule has 0 spiro atoms. The van der Waals surface area contributed by atoms with Crippen molar-refractivity contribution in [3.05, 3.63) is 47.2 Å². The van der Waals surface area contributed by atoms with Crippen molar-refractivity contribution in [3.63, 3.8) is 0 Å². The molecule has 0 fully saturated rings. The van der Waals surface area contributed by atoms with Crippen LogP contribution in [0.2, 0.25) is 0 Å². The fourth-order valence-electron chi connectivity index (χ4n) is 2.75. The molecule has 0 amide bonds. The van der Waals surface area contributed by atoms with Crippen molar-refractivity contribution in [1.29, 1.82) is 0 Å². The van der Waals surface area contributed by atoms with E-state index in [1.165, 1.54) is 0 Å². The molecule has 0 aliphatic heterocycles. The van der Waals surface area contributed by atoms with Crippen molar-refractivity contribution < 1.29 is 79.4 Å². The molecule has 0 aliphatic carbocycles. The molecule has 0 radical (unpaired) electrons. The van der Waals surface area contributed by atoms with E-state index < -0.39 is 59.3 Å². The molecular weight excluding hydrogens is 555 g/mol. The summed E-state index contributed by atoms with van der Waals surface area (Å²) in [5, 5.41) is 0. The summed E-state index contributed by atoms with van der Waals surface area (Å²) in [5.74, 6) is -6.15. The average molecular weight is 564 g/mol. The molecule has 0 N–H and O–H groups in total. The first kappa shape index (κ1) is 31.3. The number of ether oxygens (including phenoxy) is 1. The topological polar surface area (TPSA) is 9.23 Å². The van der Waals surface area contributed by atoms with Crippen molar-refractivity contribution in [3.8, 4) is 5.75 Å². The lowest BCUT2D eigenvalue weighted by atomic mass is 9.79. The predicted octanol–water partition coefficient (Wildman–Crippen LogP) is 8.50. The minimum absolute atomic E-state index is 0.00375. The zero-order valence-corrected chi connectivity index (χ0v) is 16.9. The fourth-order valence-corrected chi connectivity index (χ4v) is 2.75. The van der Waals surface area contributed by atoms with Gasteiger partial charge in [0.25, 0.3) is 0 Å². The van der Waals surface area contributed by atoms with E-state index in [-0.39, 0.29) is 17.2 Å². The molecule has 0 heterocycles. The highest BCUT2D eigenvalue weighted by molar-refractivity contribution is 5.54. The van der Waals surface area contributed by atoms with Crippen LogP contribution in [0, 0.1) is 6.92 Å². The van der Waals surface area contributed by atoms with Gasteiger partial charge in [0, 0.05) is 0 Å². The predicted molar refractivity (Wildman–Crippen MR) is 86.9 cm³/mol. The Hall–Kier alpha value is -2.69. The Morgan fingerprint density at radius 3 is 1.28 bits per heavy atom. The van der Waals surface area contributed by atoms with Crippen molar-refractivity contribution in [2.24, 2.45) is 0 Å². The third-order valence-electron chi connectivity index (χ3n) is 4.42. The largest absolute Gasteiger partial charge is 0.452 e. The fraction of sp³-hybridized carbons (Fsp3) is 0.444. The van der Waals surface area contributed by atoms with Gasteiger partial charge in [0.15, 0.2) is 0 Å². The van der Waals surface area contributed by atoms with E-state index in [0.717, 1.165) is 13.0 Å². The Bertz CT molecular complexity index is 933. The van der Waals surface area contributed by atoms with E-state index in [1.54, 1.807) is 0 Å². The Kier molecular flexibility index (Phi) is 7.84. The lowest BCUT2D eigenvalue weighted by Gasteiger charge is -2.41. The van der Waals surface area contributed by atoms with Crippen molar-refractivity contribution in [2.75, 3.05) is 0 Å². The number of hydrogen-bond donors (Lipinski definition) is 0. The zero-order valence-electron chi connectivity index (χ0n) is 16.9. The molecule has 1 nitrogen and oxygen atoms in total. The van der Waals surface area contributed by atoms with Gasteiger partial charge in [-0.05, 0) is 30.2 Å². The average Bonchev–Trinajstić information content (AvgIpc) is 2.62. The number of rotatable bonds is 5. The van der Waals surface area contributed by atoms with Gasteiger partial charge < -0.3 is 4.74 Å². The molecule has 1 aromatic rings. The monoisotopic (exact) mass is 564 g/mol. The van der Waals surface area contributed by atoms with Crippen LogP contribution in [0.4, 0.5) is 74.6 Å². The van der Waals surface area contributed by atoms with Crippen LogP contribution < -0.4 is 4.74 Å². The number of hydrogen-bond acceptors (Lipinski definition) is 1. The first-order valence-corrected chi connectivity index (χ1v) is 8.56. The summed E-state index contributed by atoms with van der Waals surface area (Å²) >= 11 is 0. The van der Waals surface area contributed by atoms with Gasteiger partial charge in [-0.1, -0.05) is 18.7 Å². The third kappa shape index (κ3) is 5.21.